The van der Waals surface area contributed by atoms with Gasteiger partial charge in [-0.25, -0.2) is 0 Å². The molecule has 1 aromatic heterocycles. The van der Waals surface area contributed by atoms with Gasteiger partial charge in [-0.3, -0.25) is 16.3 Å². The molecule has 1 rings (SSSR count). The fraction of sp³-hybridized carbons (Fsp3) is 0.500. The number of aromatic nitrogens is 1. The molecule has 1 aromatic rings. The van der Waals surface area contributed by atoms with Crippen LogP contribution >= 0.6 is 0 Å². The number of hydrogen-bond acceptors (Lipinski definition) is 5. The molecule has 0 aliphatic rings. The van der Waals surface area contributed by atoms with Crippen LogP contribution < -0.4 is 16.0 Å². The third-order valence-electron chi connectivity index (χ3n) is 2.06. The maximum Gasteiger partial charge on any atom is 0.137 e. The summed E-state index contributed by atoms with van der Waals surface area (Å²) in [6, 6.07) is 1.82. The molecule has 0 aromatic carbocycles. The monoisotopic (exact) mass is 211 g/mol. The van der Waals surface area contributed by atoms with Gasteiger partial charge < -0.3 is 9.47 Å². The molecular formula is C10H17N3O2. The zero-order valence-corrected chi connectivity index (χ0v) is 9.06. The van der Waals surface area contributed by atoms with Gasteiger partial charge in [-0.15, -0.1) is 0 Å². The number of nitrogens with two attached hydrogens (primary N) is 1. The van der Waals surface area contributed by atoms with E-state index in [2.05, 4.69) is 10.4 Å². The second-order valence-electron chi connectivity index (χ2n) is 3.04. The molecule has 15 heavy (non-hydrogen) atoms. The predicted molar refractivity (Wildman–Crippen MR) is 57.3 cm³/mol. The first-order chi connectivity index (χ1) is 7.31. The first kappa shape index (κ1) is 11.9. The molecule has 0 fully saturated rings. The summed E-state index contributed by atoms with van der Waals surface area (Å²) in [5.74, 6) is 6.15. The Kier molecular flexibility index (Phi) is 5.03. The summed E-state index contributed by atoms with van der Waals surface area (Å²) in [5, 5.41) is 0. The number of hydrogen-bond donors (Lipinski definition) is 2. The molecule has 1 unspecified atom stereocenters. The summed E-state index contributed by atoms with van der Waals surface area (Å²) in [6.07, 6.45) is 3.39. The standard InChI is InChI=1S/C10H17N3O2/c1-3-15-7-10(13-11)8-4-9(14-2)6-12-5-8/h4-6,10,13H,3,7,11H2,1-2H3. The Balaban J connectivity index is 2.72. The lowest BCUT2D eigenvalue weighted by Crippen LogP contribution is -2.31. The molecular weight excluding hydrogens is 194 g/mol. The molecule has 0 saturated heterocycles. The minimum Gasteiger partial charge on any atom is -0.495 e. The van der Waals surface area contributed by atoms with E-state index in [1.54, 1.807) is 19.5 Å². The maximum absolute atomic E-state index is 5.44. The van der Waals surface area contributed by atoms with Crippen LogP contribution in [0.25, 0.3) is 0 Å². The average Bonchev–Trinajstić information content (AvgIpc) is 2.30. The van der Waals surface area contributed by atoms with Crippen molar-refractivity contribution in [2.75, 3.05) is 20.3 Å². The maximum atomic E-state index is 5.44. The van der Waals surface area contributed by atoms with Crippen LogP contribution in [0.2, 0.25) is 0 Å². The Morgan fingerprint density at radius 3 is 2.93 bits per heavy atom. The molecule has 1 atom stereocenters. The van der Waals surface area contributed by atoms with E-state index >= 15 is 0 Å². The van der Waals surface area contributed by atoms with Crippen molar-refractivity contribution in [3.05, 3.63) is 24.0 Å². The Morgan fingerprint density at radius 2 is 2.33 bits per heavy atom. The number of rotatable bonds is 6. The number of nitrogens with one attached hydrogen (secondary N) is 1. The zero-order chi connectivity index (χ0) is 11.1. The van der Waals surface area contributed by atoms with Gasteiger partial charge in [-0.05, 0) is 18.6 Å². The van der Waals surface area contributed by atoms with Gasteiger partial charge in [0.25, 0.3) is 0 Å². The van der Waals surface area contributed by atoms with Crippen molar-refractivity contribution in [2.45, 2.75) is 13.0 Å². The predicted octanol–water partition coefficient (Wildman–Crippen LogP) is 0.631. The molecule has 5 heteroatoms. The van der Waals surface area contributed by atoms with Crippen LogP contribution in [-0.2, 0) is 4.74 Å². The molecule has 0 aliphatic carbocycles. The lowest BCUT2D eigenvalue weighted by Gasteiger charge is -2.16. The number of nitrogens with zero attached hydrogens (tertiary/aromatic N) is 1. The minimum absolute atomic E-state index is 0.0625. The van der Waals surface area contributed by atoms with Crippen molar-refractivity contribution in [3.8, 4) is 5.75 Å². The highest BCUT2D eigenvalue weighted by molar-refractivity contribution is 5.25. The molecule has 0 bridgehead atoms. The normalized spacial score (nSPS) is 12.5. The summed E-state index contributed by atoms with van der Waals surface area (Å²) in [6.45, 7) is 3.12. The van der Waals surface area contributed by atoms with Gasteiger partial charge in [-0.2, -0.15) is 0 Å². The Labute approximate surface area is 89.6 Å². The summed E-state index contributed by atoms with van der Waals surface area (Å²) in [7, 11) is 1.61. The van der Waals surface area contributed by atoms with Gasteiger partial charge >= 0.3 is 0 Å². The lowest BCUT2D eigenvalue weighted by atomic mass is 10.1. The summed E-state index contributed by atoms with van der Waals surface area (Å²) in [5.41, 5.74) is 3.63. The van der Waals surface area contributed by atoms with E-state index in [9.17, 15) is 0 Å². The number of pyridine rings is 1. The van der Waals surface area contributed by atoms with Crippen LogP contribution in [0, 0.1) is 0 Å². The van der Waals surface area contributed by atoms with E-state index < -0.39 is 0 Å². The van der Waals surface area contributed by atoms with E-state index in [0.29, 0.717) is 19.0 Å². The molecule has 3 N–H and O–H groups in total. The molecule has 0 aliphatic heterocycles. The van der Waals surface area contributed by atoms with E-state index in [4.69, 9.17) is 15.3 Å². The van der Waals surface area contributed by atoms with Crippen LogP contribution in [-0.4, -0.2) is 25.3 Å². The quantitative estimate of drug-likeness (QED) is 0.533. The van der Waals surface area contributed by atoms with E-state index in [1.165, 1.54) is 0 Å². The third-order valence-corrected chi connectivity index (χ3v) is 2.06. The van der Waals surface area contributed by atoms with Crippen molar-refractivity contribution in [2.24, 2.45) is 5.84 Å². The van der Waals surface area contributed by atoms with Crippen LogP contribution in [0.5, 0.6) is 5.75 Å². The average molecular weight is 211 g/mol. The second kappa shape index (κ2) is 6.34. The number of methoxy groups -OCH3 is 1. The first-order valence-corrected chi connectivity index (χ1v) is 4.84. The highest BCUT2D eigenvalue weighted by atomic mass is 16.5. The first-order valence-electron chi connectivity index (χ1n) is 4.84. The lowest BCUT2D eigenvalue weighted by molar-refractivity contribution is 0.123. The fourth-order valence-corrected chi connectivity index (χ4v) is 1.21. The molecule has 0 radical (unpaired) electrons. The highest BCUT2D eigenvalue weighted by Gasteiger charge is 2.10. The van der Waals surface area contributed by atoms with Crippen molar-refractivity contribution in [3.63, 3.8) is 0 Å². The van der Waals surface area contributed by atoms with Gasteiger partial charge in [0.15, 0.2) is 0 Å². The third kappa shape index (κ3) is 3.47. The molecule has 1 heterocycles. The van der Waals surface area contributed by atoms with Crippen molar-refractivity contribution >= 4 is 0 Å². The fourth-order valence-electron chi connectivity index (χ4n) is 1.21. The second-order valence-corrected chi connectivity index (χ2v) is 3.04. The van der Waals surface area contributed by atoms with Crippen LogP contribution in [0.4, 0.5) is 0 Å². The zero-order valence-electron chi connectivity index (χ0n) is 9.06. The van der Waals surface area contributed by atoms with E-state index in [0.717, 1.165) is 5.56 Å². The van der Waals surface area contributed by atoms with E-state index in [1.807, 2.05) is 13.0 Å². The number of ether oxygens (including phenoxy) is 2. The topological polar surface area (TPSA) is 69.4 Å². The van der Waals surface area contributed by atoms with Crippen LogP contribution in [0.15, 0.2) is 18.5 Å². The van der Waals surface area contributed by atoms with Gasteiger partial charge in [0.05, 0.1) is 26.0 Å². The Morgan fingerprint density at radius 1 is 1.53 bits per heavy atom. The van der Waals surface area contributed by atoms with Gasteiger partial charge in [0.1, 0.15) is 5.75 Å². The van der Waals surface area contributed by atoms with Crippen molar-refractivity contribution in [1.29, 1.82) is 0 Å². The Hall–Kier alpha value is -1.17. The van der Waals surface area contributed by atoms with Crippen molar-refractivity contribution < 1.29 is 9.47 Å². The van der Waals surface area contributed by atoms with Crippen LogP contribution in [0.3, 0.4) is 0 Å². The van der Waals surface area contributed by atoms with Gasteiger partial charge in [-0.1, -0.05) is 0 Å². The summed E-state index contributed by atoms with van der Waals surface area (Å²) < 4.78 is 10.4. The van der Waals surface area contributed by atoms with Crippen molar-refractivity contribution in [1.82, 2.24) is 10.4 Å². The summed E-state index contributed by atoms with van der Waals surface area (Å²) in [4.78, 5) is 4.06. The largest absolute Gasteiger partial charge is 0.495 e. The molecule has 0 saturated carbocycles. The molecule has 84 valence electrons. The van der Waals surface area contributed by atoms with E-state index in [-0.39, 0.29) is 6.04 Å². The number of hydrazine groups is 1. The molecule has 5 nitrogen and oxygen atoms in total. The molecule has 0 spiro atoms. The highest BCUT2D eigenvalue weighted by Crippen LogP contribution is 2.17. The van der Waals surface area contributed by atoms with Gasteiger partial charge in [0, 0.05) is 12.8 Å². The summed E-state index contributed by atoms with van der Waals surface area (Å²) >= 11 is 0. The Bertz CT molecular complexity index is 294. The SMILES string of the molecule is CCOCC(NN)c1cncc(OC)c1. The smallest absolute Gasteiger partial charge is 0.137 e. The minimum atomic E-state index is -0.0625. The van der Waals surface area contributed by atoms with Crippen LogP contribution in [0.1, 0.15) is 18.5 Å². The molecule has 0 amide bonds. The van der Waals surface area contributed by atoms with Gasteiger partial charge in [0.2, 0.25) is 0 Å².